The van der Waals surface area contributed by atoms with Crippen molar-refractivity contribution < 1.29 is 4.74 Å². The van der Waals surface area contributed by atoms with Gasteiger partial charge in [0.1, 0.15) is 11.1 Å². The van der Waals surface area contributed by atoms with E-state index in [0.717, 1.165) is 41.8 Å². The smallest absolute Gasteiger partial charge is 0.234 e. The molecule has 1 N–H and O–H groups in total. The van der Waals surface area contributed by atoms with Crippen LogP contribution in [0.25, 0.3) is 4.96 Å². The highest BCUT2D eigenvalue weighted by atomic mass is 32.1. The average Bonchev–Trinajstić information content (AvgIpc) is 3.14. The van der Waals surface area contributed by atoms with Gasteiger partial charge in [-0.2, -0.15) is 9.61 Å². The van der Waals surface area contributed by atoms with Gasteiger partial charge >= 0.3 is 0 Å². The predicted octanol–water partition coefficient (Wildman–Crippen LogP) is 2.10. The van der Waals surface area contributed by atoms with Crippen LogP contribution in [0.4, 0.5) is 0 Å². The molecule has 2 aliphatic heterocycles. The summed E-state index contributed by atoms with van der Waals surface area (Å²) in [6.07, 6.45) is 4.69. The standard InChI is InChI=1S/C13H19N5OS/c1-8-4-2-6-14-10(8)12-17-18-11(9-5-3-7-19-9)15-16-13(18)20-12/h8-10,14H,2-7H2,1H3. The molecular formula is C13H19N5OS. The van der Waals surface area contributed by atoms with Gasteiger partial charge in [0.25, 0.3) is 0 Å². The summed E-state index contributed by atoms with van der Waals surface area (Å²) < 4.78 is 7.59. The molecule has 3 atom stereocenters. The molecule has 0 bridgehead atoms. The van der Waals surface area contributed by atoms with E-state index >= 15 is 0 Å². The van der Waals surface area contributed by atoms with E-state index < -0.39 is 0 Å². The number of rotatable bonds is 2. The van der Waals surface area contributed by atoms with Gasteiger partial charge in [-0.15, -0.1) is 10.2 Å². The number of hydrogen-bond donors (Lipinski definition) is 1. The van der Waals surface area contributed by atoms with Crippen molar-refractivity contribution in [2.45, 2.75) is 44.8 Å². The van der Waals surface area contributed by atoms with Crippen LogP contribution in [0.3, 0.4) is 0 Å². The maximum absolute atomic E-state index is 5.71. The van der Waals surface area contributed by atoms with E-state index in [4.69, 9.17) is 9.84 Å². The largest absolute Gasteiger partial charge is 0.370 e. The van der Waals surface area contributed by atoms with E-state index in [1.54, 1.807) is 11.3 Å². The molecule has 20 heavy (non-hydrogen) atoms. The molecule has 2 aliphatic rings. The van der Waals surface area contributed by atoms with Gasteiger partial charge in [0.05, 0.1) is 6.04 Å². The summed E-state index contributed by atoms with van der Waals surface area (Å²) >= 11 is 1.65. The van der Waals surface area contributed by atoms with Crippen molar-refractivity contribution in [1.29, 1.82) is 0 Å². The number of fused-ring (bicyclic) bond motifs is 1. The van der Waals surface area contributed by atoms with Crippen molar-refractivity contribution in [2.75, 3.05) is 13.2 Å². The lowest BCUT2D eigenvalue weighted by Crippen LogP contribution is -2.32. The molecule has 4 heterocycles. The lowest BCUT2D eigenvalue weighted by Gasteiger charge is -2.27. The van der Waals surface area contributed by atoms with E-state index in [1.807, 2.05) is 4.52 Å². The third kappa shape index (κ3) is 2.04. The molecule has 0 aromatic carbocycles. The Morgan fingerprint density at radius 1 is 1.30 bits per heavy atom. The quantitative estimate of drug-likeness (QED) is 0.918. The Balaban J connectivity index is 1.68. The molecule has 2 fully saturated rings. The molecule has 7 heteroatoms. The molecule has 0 saturated carbocycles. The zero-order chi connectivity index (χ0) is 13.5. The van der Waals surface area contributed by atoms with Crippen molar-refractivity contribution in [1.82, 2.24) is 25.1 Å². The Kier molecular flexibility index (Phi) is 3.20. The molecule has 0 amide bonds. The number of aromatic nitrogens is 4. The molecule has 4 rings (SSSR count). The van der Waals surface area contributed by atoms with Gasteiger partial charge in [-0.05, 0) is 38.1 Å². The number of nitrogens with one attached hydrogen (secondary N) is 1. The molecule has 2 saturated heterocycles. The minimum atomic E-state index is 0.0664. The maximum Gasteiger partial charge on any atom is 0.234 e. The van der Waals surface area contributed by atoms with Crippen LogP contribution in [-0.2, 0) is 4.74 Å². The third-order valence-electron chi connectivity index (χ3n) is 4.28. The maximum atomic E-state index is 5.71. The van der Waals surface area contributed by atoms with E-state index in [-0.39, 0.29) is 6.10 Å². The van der Waals surface area contributed by atoms with Gasteiger partial charge in [0.15, 0.2) is 5.82 Å². The van der Waals surface area contributed by atoms with Crippen LogP contribution < -0.4 is 5.32 Å². The monoisotopic (exact) mass is 293 g/mol. The van der Waals surface area contributed by atoms with Crippen molar-refractivity contribution in [3.05, 3.63) is 10.8 Å². The molecular weight excluding hydrogens is 274 g/mol. The Bertz CT molecular complexity index is 603. The highest BCUT2D eigenvalue weighted by Crippen LogP contribution is 2.33. The van der Waals surface area contributed by atoms with Gasteiger partial charge < -0.3 is 10.1 Å². The fourth-order valence-electron chi connectivity index (χ4n) is 3.13. The second kappa shape index (κ2) is 5.05. The van der Waals surface area contributed by atoms with Crippen LogP contribution in [-0.4, -0.2) is 33.0 Å². The highest BCUT2D eigenvalue weighted by Gasteiger charge is 2.29. The van der Waals surface area contributed by atoms with E-state index in [1.165, 1.54) is 12.8 Å². The Labute approximate surface area is 121 Å². The Morgan fingerprint density at radius 2 is 2.25 bits per heavy atom. The normalized spacial score (nSPS) is 31.1. The lowest BCUT2D eigenvalue weighted by atomic mass is 9.93. The fraction of sp³-hybridized carbons (Fsp3) is 0.769. The minimum absolute atomic E-state index is 0.0664. The first kappa shape index (κ1) is 12.7. The van der Waals surface area contributed by atoms with Crippen molar-refractivity contribution in [2.24, 2.45) is 5.92 Å². The summed E-state index contributed by atoms with van der Waals surface area (Å²) in [4.78, 5) is 0.880. The molecule has 108 valence electrons. The van der Waals surface area contributed by atoms with Crippen LogP contribution in [0, 0.1) is 5.92 Å². The first-order chi connectivity index (χ1) is 9.83. The number of nitrogens with zero attached hydrogens (tertiary/aromatic N) is 4. The third-order valence-corrected chi connectivity index (χ3v) is 5.27. The Hall–Kier alpha value is -1.05. The summed E-state index contributed by atoms with van der Waals surface area (Å²) in [7, 11) is 0. The van der Waals surface area contributed by atoms with Crippen LogP contribution >= 0.6 is 11.3 Å². The van der Waals surface area contributed by atoms with E-state index in [2.05, 4.69) is 22.4 Å². The van der Waals surface area contributed by atoms with Gasteiger partial charge in [-0.3, -0.25) is 0 Å². The molecule has 0 aliphatic carbocycles. The summed E-state index contributed by atoms with van der Waals surface area (Å²) in [5.74, 6) is 1.49. The van der Waals surface area contributed by atoms with Gasteiger partial charge in [0.2, 0.25) is 4.96 Å². The second-order valence-corrected chi connectivity index (χ2v) is 6.73. The Morgan fingerprint density at radius 3 is 3.05 bits per heavy atom. The van der Waals surface area contributed by atoms with E-state index in [0.29, 0.717) is 12.0 Å². The van der Waals surface area contributed by atoms with Crippen LogP contribution in [0.5, 0.6) is 0 Å². The fourth-order valence-corrected chi connectivity index (χ4v) is 4.19. The van der Waals surface area contributed by atoms with Crippen LogP contribution in [0.1, 0.15) is 55.6 Å². The van der Waals surface area contributed by atoms with Gasteiger partial charge in [0, 0.05) is 6.61 Å². The number of piperidine rings is 1. The van der Waals surface area contributed by atoms with Crippen molar-refractivity contribution >= 4 is 16.3 Å². The van der Waals surface area contributed by atoms with Gasteiger partial charge in [-0.1, -0.05) is 18.3 Å². The molecule has 0 radical (unpaired) electrons. The molecule has 6 nitrogen and oxygen atoms in total. The molecule has 2 aromatic heterocycles. The first-order valence-corrected chi connectivity index (χ1v) is 8.21. The number of ether oxygens (including phenoxy) is 1. The zero-order valence-corrected chi connectivity index (χ0v) is 12.4. The topological polar surface area (TPSA) is 64.3 Å². The second-order valence-electron chi connectivity index (χ2n) is 5.75. The summed E-state index contributed by atoms with van der Waals surface area (Å²) in [6, 6.07) is 0.354. The summed E-state index contributed by atoms with van der Waals surface area (Å²) in [5, 5.41) is 18.0. The highest BCUT2D eigenvalue weighted by molar-refractivity contribution is 7.16. The first-order valence-electron chi connectivity index (χ1n) is 7.40. The SMILES string of the molecule is CC1CCCNC1c1nn2c(C3CCCO3)nnc2s1. The van der Waals surface area contributed by atoms with E-state index in [9.17, 15) is 0 Å². The van der Waals surface area contributed by atoms with Crippen molar-refractivity contribution in [3.63, 3.8) is 0 Å². The summed E-state index contributed by atoms with van der Waals surface area (Å²) in [5.41, 5.74) is 0. The van der Waals surface area contributed by atoms with Gasteiger partial charge in [-0.25, -0.2) is 0 Å². The average molecular weight is 293 g/mol. The minimum Gasteiger partial charge on any atom is -0.370 e. The lowest BCUT2D eigenvalue weighted by molar-refractivity contribution is 0.103. The molecule has 0 spiro atoms. The molecule has 3 unspecified atom stereocenters. The van der Waals surface area contributed by atoms with Crippen LogP contribution in [0.15, 0.2) is 0 Å². The van der Waals surface area contributed by atoms with Crippen molar-refractivity contribution in [3.8, 4) is 0 Å². The van der Waals surface area contributed by atoms with Crippen LogP contribution in [0.2, 0.25) is 0 Å². The zero-order valence-electron chi connectivity index (χ0n) is 11.6. The number of hydrogen-bond acceptors (Lipinski definition) is 6. The predicted molar refractivity (Wildman–Crippen MR) is 75.7 cm³/mol. The summed E-state index contributed by atoms with van der Waals surface area (Å²) in [6.45, 7) is 4.19. The molecule has 2 aromatic rings.